The molecule has 1 unspecified atom stereocenters. The van der Waals surface area contributed by atoms with Gasteiger partial charge in [-0.1, -0.05) is 0 Å². The number of aliphatic hydroxyl groups excluding tert-OH is 1. The molecule has 3 N–H and O–H groups in total. The molecule has 0 aromatic carbocycles. The smallest absolute Gasteiger partial charge is 0.222 e. The van der Waals surface area contributed by atoms with Crippen LogP contribution in [0.4, 0.5) is 0 Å². The highest BCUT2D eigenvalue weighted by molar-refractivity contribution is 5.81. The molecule has 2 fully saturated rings. The number of guanidine groups is 1. The van der Waals surface area contributed by atoms with Gasteiger partial charge in [0.2, 0.25) is 5.91 Å². The molecule has 2 saturated heterocycles. The summed E-state index contributed by atoms with van der Waals surface area (Å²) in [6.45, 7) is 2.92. The number of carbonyl (C=O) groups excluding carboxylic acids is 1. The van der Waals surface area contributed by atoms with Crippen molar-refractivity contribution >= 4 is 11.9 Å². The topological polar surface area (TPSA) is 86.2 Å². The average molecular weight is 312 g/mol. The third-order valence-corrected chi connectivity index (χ3v) is 4.71. The summed E-state index contributed by atoms with van der Waals surface area (Å²) in [7, 11) is 3.57. The normalized spacial score (nSPS) is 26.0. The van der Waals surface area contributed by atoms with Gasteiger partial charge in [0.15, 0.2) is 5.96 Å². The van der Waals surface area contributed by atoms with Crippen molar-refractivity contribution in [1.29, 1.82) is 0 Å². The number of hydrogen-bond donors (Lipinski definition) is 3. The van der Waals surface area contributed by atoms with Gasteiger partial charge in [-0.05, 0) is 19.3 Å². The number of likely N-dealkylation sites (N-methyl/N-ethyl adjacent to an activating group) is 1. The van der Waals surface area contributed by atoms with E-state index in [1.54, 1.807) is 11.9 Å². The Morgan fingerprint density at radius 1 is 1.50 bits per heavy atom. The standard InChI is InChI=1S/C15H28N4O3/c1-16-14(18-12-3-4-13(21)19(2)9-12)17-10-15(11-20)5-7-22-8-6-15/h12,20H,3-11H2,1-2H3,(H2,16,17,18). The molecule has 0 saturated carbocycles. The molecular formula is C15H28N4O3. The summed E-state index contributed by atoms with van der Waals surface area (Å²) in [6, 6.07) is 0.216. The first kappa shape index (κ1) is 17.0. The predicted molar refractivity (Wildman–Crippen MR) is 84.7 cm³/mol. The molecule has 1 amide bonds. The van der Waals surface area contributed by atoms with E-state index in [-0.39, 0.29) is 24.0 Å². The highest BCUT2D eigenvalue weighted by Gasteiger charge is 2.32. The lowest BCUT2D eigenvalue weighted by molar-refractivity contribution is -0.132. The van der Waals surface area contributed by atoms with Gasteiger partial charge in [0.1, 0.15) is 0 Å². The minimum Gasteiger partial charge on any atom is -0.396 e. The first-order chi connectivity index (χ1) is 10.6. The van der Waals surface area contributed by atoms with Gasteiger partial charge in [0.25, 0.3) is 0 Å². The fraction of sp³-hybridized carbons (Fsp3) is 0.867. The molecule has 0 radical (unpaired) electrons. The molecule has 0 aromatic rings. The van der Waals surface area contributed by atoms with Gasteiger partial charge < -0.3 is 25.4 Å². The summed E-state index contributed by atoms with van der Waals surface area (Å²) >= 11 is 0. The molecule has 7 nitrogen and oxygen atoms in total. The van der Waals surface area contributed by atoms with E-state index in [1.807, 2.05) is 7.05 Å². The number of ether oxygens (including phenoxy) is 1. The van der Waals surface area contributed by atoms with Crippen LogP contribution in [0.5, 0.6) is 0 Å². The van der Waals surface area contributed by atoms with Crippen LogP contribution in [0.2, 0.25) is 0 Å². The molecule has 7 heteroatoms. The summed E-state index contributed by atoms with van der Waals surface area (Å²) in [4.78, 5) is 17.5. The number of amides is 1. The summed E-state index contributed by atoms with van der Waals surface area (Å²) in [6.07, 6.45) is 3.11. The highest BCUT2D eigenvalue weighted by Crippen LogP contribution is 2.28. The lowest BCUT2D eigenvalue weighted by Gasteiger charge is -2.36. The largest absolute Gasteiger partial charge is 0.396 e. The zero-order chi connectivity index (χ0) is 16.0. The van der Waals surface area contributed by atoms with Crippen LogP contribution in [0.3, 0.4) is 0 Å². The molecule has 2 aliphatic heterocycles. The maximum atomic E-state index is 11.5. The summed E-state index contributed by atoms with van der Waals surface area (Å²) < 4.78 is 5.38. The third-order valence-electron chi connectivity index (χ3n) is 4.71. The Hall–Kier alpha value is -1.34. The van der Waals surface area contributed by atoms with Gasteiger partial charge in [0, 0.05) is 58.3 Å². The number of likely N-dealkylation sites (tertiary alicyclic amines) is 1. The maximum absolute atomic E-state index is 11.5. The minimum atomic E-state index is -0.130. The molecular weight excluding hydrogens is 284 g/mol. The molecule has 2 aliphatic rings. The molecule has 0 aliphatic carbocycles. The van der Waals surface area contributed by atoms with Crippen molar-refractivity contribution in [3.05, 3.63) is 0 Å². The van der Waals surface area contributed by atoms with E-state index in [0.717, 1.165) is 25.2 Å². The number of nitrogens with one attached hydrogen (secondary N) is 2. The first-order valence-electron chi connectivity index (χ1n) is 7.98. The summed E-state index contributed by atoms with van der Waals surface area (Å²) in [5, 5.41) is 16.4. The zero-order valence-corrected chi connectivity index (χ0v) is 13.6. The van der Waals surface area contributed by atoms with Crippen LogP contribution in [-0.2, 0) is 9.53 Å². The van der Waals surface area contributed by atoms with Gasteiger partial charge in [0.05, 0.1) is 6.61 Å². The summed E-state index contributed by atoms with van der Waals surface area (Å²) in [5.74, 6) is 0.925. The molecule has 2 heterocycles. The molecule has 1 atom stereocenters. The van der Waals surface area contributed by atoms with E-state index in [0.29, 0.717) is 32.7 Å². The Morgan fingerprint density at radius 3 is 2.82 bits per heavy atom. The number of hydrogen-bond acceptors (Lipinski definition) is 4. The van der Waals surface area contributed by atoms with Crippen LogP contribution >= 0.6 is 0 Å². The molecule has 22 heavy (non-hydrogen) atoms. The number of aliphatic hydroxyl groups is 1. The second kappa shape index (κ2) is 7.78. The second-order valence-corrected chi connectivity index (χ2v) is 6.35. The van der Waals surface area contributed by atoms with Gasteiger partial charge in [-0.3, -0.25) is 9.79 Å². The van der Waals surface area contributed by atoms with Crippen molar-refractivity contribution in [2.24, 2.45) is 10.4 Å². The maximum Gasteiger partial charge on any atom is 0.222 e. The number of piperidine rings is 1. The van der Waals surface area contributed by atoms with Crippen LogP contribution in [0.15, 0.2) is 4.99 Å². The van der Waals surface area contributed by atoms with E-state index in [9.17, 15) is 9.90 Å². The molecule has 126 valence electrons. The third kappa shape index (κ3) is 4.33. The Labute approximate surface area is 132 Å². The van der Waals surface area contributed by atoms with E-state index in [4.69, 9.17) is 4.74 Å². The molecule has 2 rings (SSSR count). The van der Waals surface area contributed by atoms with Crippen molar-refractivity contribution in [1.82, 2.24) is 15.5 Å². The van der Waals surface area contributed by atoms with E-state index < -0.39 is 0 Å². The highest BCUT2D eigenvalue weighted by atomic mass is 16.5. The van der Waals surface area contributed by atoms with Gasteiger partial charge in [-0.25, -0.2) is 0 Å². The SMILES string of the molecule is CN=C(NCC1(CO)CCOCC1)NC1CCC(=O)N(C)C1. The minimum absolute atomic E-state index is 0.130. The second-order valence-electron chi connectivity index (χ2n) is 6.35. The molecule has 0 spiro atoms. The summed E-state index contributed by atoms with van der Waals surface area (Å²) in [5.41, 5.74) is -0.130. The van der Waals surface area contributed by atoms with Crippen molar-refractivity contribution in [2.75, 3.05) is 47.0 Å². The molecule has 0 aromatic heterocycles. The van der Waals surface area contributed by atoms with E-state index >= 15 is 0 Å². The van der Waals surface area contributed by atoms with Crippen LogP contribution in [0.25, 0.3) is 0 Å². The Morgan fingerprint density at radius 2 is 2.23 bits per heavy atom. The fourth-order valence-corrected chi connectivity index (χ4v) is 2.98. The number of aliphatic imine (C=N–C) groups is 1. The van der Waals surface area contributed by atoms with Gasteiger partial charge in [-0.2, -0.15) is 0 Å². The lowest BCUT2D eigenvalue weighted by atomic mass is 9.81. The van der Waals surface area contributed by atoms with Crippen LogP contribution in [0.1, 0.15) is 25.7 Å². The Kier molecular flexibility index (Phi) is 6.02. The van der Waals surface area contributed by atoms with Crippen LogP contribution in [0, 0.1) is 5.41 Å². The van der Waals surface area contributed by atoms with Crippen molar-refractivity contribution in [3.8, 4) is 0 Å². The fourth-order valence-electron chi connectivity index (χ4n) is 2.98. The monoisotopic (exact) mass is 312 g/mol. The van der Waals surface area contributed by atoms with Crippen molar-refractivity contribution in [2.45, 2.75) is 31.7 Å². The van der Waals surface area contributed by atoms with Crippen LogP contribution in [-0.4, -0.2) is 74.9 Å². The van der Waals surface area contributed by atoms with E-state index in [1.165, 1.54) is 0 Å². The average Bonchev–Trinajstić information content (AvgIpc) is 2.55. The van der Waals surface area contributed by atoms with Crippen molar-refractivity contribution < 1.29 is 14.6 Å². The predicted octanol–water partition coefficient (Wildman–Crippen LogP) is -0.439. The van der Waals surface area contributed by atoms with Gasteiger partial charge >= 0.3 is 0 Å². The van der Waals surface area contributed by atoms with E-state index in [2.05, 4.69) is 15.6 Å². The molecule has 0 bridgehead atoms. The number of rotatable bonds is 4. The lowest BCUT2D eigenvalue weighted by Crippen LogP contribution is -2.53. The van der Waals surface area contributed by atoms with Crippen LogP contribution < -0.4 is 10.6 Å². The zero-order valence-electron chi connectivity index (χ0n) is 13.6. The quantitative estimate of drug-likeness (QED) is 0.484. The number of carbonyl (C=O) groups is 1. The van der Waals surface area contributed by atoms with Gasteiger partial charge in [-0.15, -0.1) is 0 Å². The first-order valence-corrected chi connectivity index (χ1v) is 7.98. The van der Waals surface area contributed by atoms with Crippen molar-refractivity contribution in [3.63, 3.8) is 0 Å². The number of nitrogens with zero attached hydrogens (tertiary/aromatic N) is 2. The Bertz CT molecular complexity index is 408. The Balaban J connectivity index is 1.83.